The molecule has 38 heavy (non-hydrogen) atoms. The number of ether oxygens (including phenoxy) is 1. The van der Waals surface area contributed by atoms with Gasteiger partial charge in [0.2, 0.25) is 10.0 Å². The van der Waals surface area contributed by atoms with E-state index < -0.39 is 33.9 Å². The highest BCUT2D eigenvalue weighted by Gasteiger charge is 2.37. The summed E-state index contributed by atoms with van der Waals surface area (Å²) in [5.74, 6) is -0.0896. The van der Waals surface area contributed by atoms with Crippen LogP contribution in [0.4, 0.5) is 4.79 Å². The quantitative estimate of drug-likeness (QED) is 0.463. The average molecular weight is 537 g/mol. The Hall–Kier alpha value is -3.20. The third kappa shape index (κ3) is 7.01. The number of hydrogen-bond acceptors (Lipinski definition) is 5. The first-order chi connectivity index (χ1) is 18.0. The molecular formula is C30H36N2O5S. The van der Waals surface area contributed by atoms with E-state index in [0.29, 0.717) is 12.8 Å². The Labute approximate surface area is 225 Å². The Bertz CT molecular complexity index is 1320. The number of hydrogen-bond donors (Lipinski definition) is 2. The molecule has 0 aromatic heterocycles. The molecule has 1 heterocycles. The van der Waals surface area contributed by atoms with Gasteiger partial charge in [-0.2, -0.15) is 4.31 Å². The minimum Gasteiger partial charge on any atom is -0.444 e. The third-order valence-electron chi connectivity index (χ3n) is 6.61. The van der Waals surface area contributed by atoms with E-state index in [2.05, 4.69) is 5.32 Å². The molecule has 3 atom stereocenters. The summed E-state index contributed by atoms with van der Waals surface area (Å²) in [6.07, 6.45) is -0.966. The maximum atomic E-state index is 13.8. The largest absolute Gasteiger partial charge is 0.444 e. The number of carbonyl (C=O) groups is 1. The zero-order chi connectivity index (χ0) is 27.3. The van der Waals surface area contributed by atoms with Crippen molar-refractivity contribution in [2.75, 3.05) is 13.1 Å². The van der Waals surface area contributed by atoms with Crippen molar-refractivity contribution in [3.8, 4) is 0 Å². The predicted molar refractivity (Wildman–Crippen MR) is 147 cm³/mol. The number of aliphatic hydroxyl groups excluding tert-OH is 1. The van der Waals surface area contributed by atoms with Gasteiger partial charge >= 0.3 is 6.09 Å². The Morgan fingerprint density at radius 2 is 1.61 bits per heavy atom. The summed E-state index contributed by atoms with van der Waals surface area (Å²) in [6, 6.07) is 25.6. The Morgan fingerprint density at radius 1 is 1.00 bits per heavy atom. The van der Waals surface area contributed by atoms with Crippen LogP contribution in [0.5, 0.6) is 0 Å². The fourth-order valence-electron chi connectivity index (χ4n) is 4.80. The van der Waals surface area contributed by atoms with Gasteiger partial charge in [-0.25, -0.2) is 13.2 Å². The molecule has 1 amide bonds. The van der Waals surface area contributed by atoms with E-state index >= 15 is 0 Å². The lowest BCUT2D eigenvalue weighted by atomic mass is 9.91. The molecule has 2 N–H and O–H groups in total. The van der Waals surface area contributed by atoms with Crippen LogP contribution in [0.25, 0.3) is 0 Å². The first-order valence-electron chi connectivity index (χ1n) is 12.9. The van der Waals surface area contributed by atoms with Gasteiger partial charge in [0, 0.05) is 19.0 Å². The molecule has 0 aliphatic carbocycles. The molecule has 8 heteroatoms. The summed E-state index contributed by atoms with van der Waals surface area (Å²) >= 11 is 0. The van der Waals surface area contributed by atoms with E-state index in [4.69, 9.17) is 4.74 Å². The van der Waals surface area contributed by atoms with Crippen molar-refractivity contribution in [2.45, 2.75) is 62.2 Å². The summed E-state index contributed by atoms with van der Waals surface area (Å²) in [4.78, 5) is 12.9. The van der Waals surface area contributed by atoms with Crippen molar-refractivity contribution < 1.29 is 23.1 Å². The monoisotopic (exact) mass is 536 g/mol. The van der Waals surface area contributed by atoms with E-state index in [1.165, 1.54) is 4.31 Å². The second-order valence-electron chi connectivity index (χ2n) is 10.8. The molecule has 202 valence electrons. The van der Waals surface area contributed by atoms with Crippen LogP contribution in [0.15, 0.2) is 89.8 Å². The van der Waals surface area contributed by atoms with Gasteiger partial charge in [0.15, 0.2) is 0 Å². The van der Waals surface area contributed by atoms with Crippen LogP contribution in [-0.2, 0) is 27.6 Å². The molecule has 0 spiro atoms. The second-order valence-corrected chi connectivity index (χ2v) is 12.7. The first kappa shape index (κ1) is 27.8. The number of nitrogens with one attached hydrogen (secondary N) is 1. The van der Waals surface area contributed by atoms with Gasteiger partial charge in [0.05, 0.1) is 17.0 Å². The number of β-amino-alcohol motifs (C(OH)–C–C–N with tert-alkyl or cyclic N) is 1. The zero-order valence-corrected chi connectivity index (χ0v) is 22.9. The number of sulfonamides is 1. The van der Waals surface area contributed by atoms with Crippen molar-refractivity contribution in [1.29, 1.82) is 0 Å². The fourth-order valence-corrected chi connectivity index (χ4v) is 6.54. The maximum Gasteiger partial charge on any atom is 0.407 e. The molecule has 0 saturated carbocycles. The average Bonchev–Trinajstić information content (AvgIpc) is 2.98. The standard InChI is InChI=1S/C30H36N2O5S/c1-30(2,3)37-29(34)31-26(18-22-12-6-4-7-13-22)27(33)21-32-20-25(23-14-8-5-9-15-23)19-24-16-10-11-17-28(24)38(32,35)36/h4-17,25-27,33H,18-21H2,1-3H3,(H,31,34)/t25?,26-,27+/m0/s1. The lowest BCUT2D eigenvalue weighted by Crippen LogP contribution is -2.51. The van der Waals surface area contributed by atoms with Gasteiger partial charge in [0.1, 0.15) is 5.60 Å². The van der Waals surface area contributed by atoms with E-state index in [1.54, 1.807) is 32.9 Å². The number of carbonyl (C=O) groups excluding carboxylic acids is 1. The van der Waals surface area contributed by atoms with Crippen LogP contribution in [0.3, 0.4) is 0 Å². The van der Waals surface area contributed by atoms with Gasteiger partial charge in [-0.15, -0.1) is 0 Å². The number of benzene rings is 3. The minimum atomic E-state index is -3.89. The number of rotatable bonds is 7. The van der Waals surface area contributed by atoms with Crippen molar-refractivity contribution >= 4 is 16.1 Å². The zero-order valence-electron chi connectivity index (χ0n) is 22.1. The summed E-state index contributed by atoms with van der Waals surface area (Å²) in [5.41, 5.74) is 1.98. The second kappa shape index (κ2) is 11.7. The van der Waals surface area contributed by atoms with E-state index in [1.807, 2.05) is 72.8 Å². The van der Waals surface area contributed by atoms with Crippen molar-refractivity contribution in [2.24, 2.45) is 0 Å². The molecule has 1 unspecified atom stereocenters. The van der Waals surface area contributed by atoms with Gasteiger partial charge in [0.25, 0.3) is 0 Å². The lowest BCUT2D eigenvalue weighted by molar-refractivity contribution is 0.0401. The van der Waals surface area contributed by atoms with Crippen molar-refractivity contribution in [3.63, 3.8) is 0 Å². The highest BCUT2D eigenvalue weighted by atomic mass is 32.2. The summed E-state index contributed by atoms with van der Waals surface area (Å²) in [7, 11) is -3.89. The summed E-state index contributed by atoms with van der Waals surface area (Å²) in [5, 5.41) is 14.2. The minimum absolute atomic E-state index is 0.0896. The number of amides is 1. The molecule has 1 aliphatic rings. The van der Waals surface area contributed by atoms with Gasteiger partial charge in [-0.3, -0.25) is 0 Å². The van der Waals surface area contributed by atoms with Crippen LogP contribution in [0.2, 0.25) is 0 Å². The van der Waals surface area contributed by atoms with Crippen LogP contribution in [0, 0.1) is 0 Å². The van der Waals surface area contributed by atoms with Crippen LogP contribution in [-0.4, -0.2) is 54.8 Å². The molecule has 0 radical (unpaired) electrons. The van der Waals surface area contributed by atoms with Crippen LogP contribution >= 0.6 is 0 Å². The SMILES string of the molecule is CC(C)(C)OC(=O)N[C@@H](Cc1ccccc1)[C@H](O)CN1CC(c2ccccc2)Cc2ccccc2S1(=O)=O. The molecular weight excluding hydrogens is 500 g/mol. The number of alkyl carbamates (subject to hydrolysis) is 1. The Balaban J connectivity index is 1.64. The van der Waals surface area contributed by atoms with Crippen LogP contribution in [0.1, 0.15) is 43.4 Å². The summed E-state index contributed by atoms with van der Waals surface area (Å²) < 4.78 is 34.5. The topological polar surface area (TPSA) is 95.9 Å². The fraction of sp³-hybridized carbons (Fsp3) is 0.367. The van der Waals surface area contributed by atoms with Crippen LogP contribution < -0.4 is 5.32 Å². The number of fused-ring (bicyclic) bond motifs is 1. The van der Waals surface area contributed by atoms with Crippen molar-refractivity contribution in [1.82, 2.24) is 9.62 Å². The molecule has 0 bridgehead atoms. The van der Waals surface area contributed by atoms with Gasteiger partial charge in [-0.05, 0) is 56.4 Å². The molecule has 3 aromatic carbocycles. The van der Waals surface area contributed by atoms with Gasteiger partial charge in [-0.1, -0.05) is 78.9 Å². The van der Waals surface area contributed by atoms with E-state index in [9.17, 15) is 18.3 Å². The first-order valence-corrected chi connectivity index (χ1v) is 14.3. The van der Waals surface area contributed by atoms with Crippen molar-refractivity contribution in [3.05, 3.63) is 102 Å². The molecule has 3 aromatic rings. The molecule has 7 nitrogen and oxygen atoms in total. The lowest BCUT2D eigenvalue weighted by Gasteiger charge is -2.31. The molecule has 0 saturated heterocycles. The highest BCUT2D eigenvalue weighted by molar-refractivity contribution is 7.89. The third-order valence-corrected chi connectivity index (χ3v) is 8.54. The number of aliphatic hydroxyl groups is 1. The predicted octanol–water partition coefficient (Wildman–Crippen LogP) is 4.51. The van der Waals surface area contributed by atoms with E-state index in [-0.39, 0.29) is 23.9 Å². The highest BCUT2D eigenvalue weighted by Crippen LogP contribution is 2.33. The molecule has 1 aliphatic heterocycles. The molecule has 4 rings (SSSR count). The van der Waals surface area contributed by atoms with Gasteiger partial charge < -0.3 is 15.2 Å². The smallest absolute Gasteiger partial charge is 0.407 e. The number of nitrogens with zero attached hydrogens (tertiary/aromatic N) is 1. The Morgan fingerprint density at radius 3 is 2.26 bits per heavy atom. The molecule has 0 fully saturated rings. The maximum absolute atomic E-state index is 13.8. The normalized spacial score (nSPS) is 19.0. The van der Waals surface area contributed by atoms with E-state index in [0.717, 1.165) is 16.7 Å². The Kier molecular flexibility index (Phi) is 8.55. The summed E-state index contributed by atoms with van der Waals surface area (Å²) in [6.45, 7) is 5.33.